The molecule has 1 aliphatic carbocycles. The van der Waals surface area contributed by atoms with Crippen LogP contribution >= 0.6 is 0 Å². The molecule has 0 N–H and O–H groups in total. The van der Waals surface area contributed by atoms with Crippen LogP contribution in [0.5, 0.6) is 0 Å². The van der Waals surface area contributed by atoms with E-state index in [0.717, 1.165) is 41.8 Å². The number of hydrogen-bond acceptors (Lipinski definition) is 1. The Hall–Kier alpha value is -6.19. The second-order valence-electron chi connectivity index (χ2n) is 13.4. The molecule has 0 amide bonds. The first kappa shape index (κ1) is 28.8. The summed E-state index contributed by atoms with van der Waals surface area (Å²) in [5, 5.41) is 4.99. The number of rotatable bonds is 5. The van der Waals surface area contributed by atoms with Gasteiger partial charge in [0.2, 0.25) is 0 Å². The van der Waals surface area contributed by atoms with Gasteiger partial charge < -0.3 is 4.57 Å². The highest BCUT2D eigenvalue weighted by molar-refractivity contribution is 6.20. The third-order valence-electron chi connectivity index (χ3n) is 10.6. The van der Waals surface area contributed by atoms with Gasteiger partial charge in [-0.3, -0.25) is 4.57 Å². The van der Waals surface area contributed by atoms with E-state index in [9.17, 15) is 0 Å². The summed E-state index contributed by atoms with van der Waals surface area (Å²) >= 11 is 0. The number of para-hydroxylation sites is 4. The minimum Gasteiger partial charge on any atom is -0.309 e. The van der Waals surface area contributed by atoms with Crippen molar-refractivity contribution in [3.8, 4) is 33.8 Å². The van der Waals surface area contributed by atoms with Crippen molar-refractivity contribution < 1.29 is 0 Å². The Labute approximate surface area is 291 Å². The number of hydrogen-bond donors (Lipinski definition) is 0. The quantitative estimate of drug-likeness (QED) is 0.171. The van der Waals surface area contributed by atoms with Crippen LogP contribution in [0.2, 0.25) is 0 Å². The molecular weight excluding hydrogens is 607 g/mol. The maximum absolute atomic E-state index is 5.49. The molecule has 10 rings (SSSR count). The minimum absolute atomic E-state index is 0.406. The average Bonchev–Trinajstić information content (AvgIpc) is 3.72. The summed E-state index contributed by atoms with van der Waals surface area (Å²) in [7, 11) is 0. The molecule has 3 heteroatoms. The van der Waals surface area contributed by atoms with E-state index in [0.29, 0.717) is 5.92 Å². The van der Waals surface area contributed by atoms with Crippen LogP contribution in [-0.2, 0) is 0 Å². The SMILES string of the molecule is C1=CCC(c2cc(-c3ccccc3)cc(-n3c4ccccc4c4c(-c5cccc6c7ccccc7n(-c7ccccc7)c56)cccc43)n2)CC1. The molecule has 50 heavy (non-hydrogen) atoms. The highest BCUT2D eigenvalue weighted by Gasteiger charge is 2.23. The lowest BCUT2D eigenvalue weighted by atomic mass is 9.90. The fourth-order valence-electron chi connectivity index (χ4n) is 8.29. The third-order valence-corrected chi connectivity index (χ3v) is 10.6. The van der Waals surface area contributed by atoms with Gasteiger partial charge in [0.1, 0.15) is 5.82 Å². The summed E-state index contributed by atoms with van der Waals surface area (Å²) in [5.41, 5.74) is 12.0. The molecule has 9 aromatic rings. The summed E-state index contributed by atoms with van der Waals surface area (Å²) in [5.74, 6) is 1.37. The number of benzene rings is 6. The van der Waals surface area contributed by atoms with Crippen molar-refractivity contribution in [3.05, 3.63) is 176 Å². The third kappa shape index (κ3) is 4.54. The summed E-state index contributed by atoms with van der Waals surface area (Å²) < 4.78 is 4.84. The van der Waals surface area contributed by atoms with Crippen molar-refractivity contribution in [3.63, 3.8) is 0 Å². The van der Waals surface area contributed by atoms with Crippen molar-refractivity contribution >= 4 is 43.6 Å². The van der Waals surface area contributed by atoms with Crippen molar-refractivity contribution in [1.29, 1.82) is 0 Å². The Balaban J connectivity index is 1.28. The van der Waals surface area contributed by atoms with E-state index in [1.807, 2.05) is 0 Å². The van der Waals surface area contributed by atoms with Gasteiger partial charge in [0.25, 0.3) is 0 Å². The minimum atomic E-state index is 0.406. The molecule has 0 radical (unpaired) electrons. The van der Waals surface area contributed by atoms with Gasteiger partial charge in [-0.05, 0) is 78.4 Å². The van der Waals surface area contributed by atoms with Crippen LogP contribution in [0.1, 0.15) is 30.9 Å². The number of allylic oxidation sites excluding steroid dienone is 2. The summed E-state index contributed by atoms with van der Waals surface area (Å²) in [4.78, 5) is 5.49. The van der Waals surface area contributed by atoms with Gasteiger partial charge in [-0.2, -0.15) is 0 Å². The van der Waals surface area contributed by atoms with E-state index in [2.05, 4.69) is 179 Å². The first-order valence-electron chi connectivity index (χ1n) is 17.7. The van der Waals surface area contributed by atoms with Crippen LogP contribution in [0, 0.1) is 0 Å². The van der Waals surface area contributed by atoms with E-state index in [1.54, 1.807) is 0 Å². The van der Waals surface area contributed by atoms with Gasteiger partial charge in [0.05, 0.1) is 22.1 Å². The monoisotopic (exact) mass is 641 g/mol. The van der Waals surface area contributed by atoms with E-state index in [4.69, 9.17) is 4.98 Å². The fourth-order valence-corrected chi connectivity index (χ4v) is 8.29. The predicted octanol–water partition coefficient (Wildman–Crippen LogP) is 12.4. The molecule has 1 unspecified atom stereocenters. The summed E-state index contributed by atoms with van der Waals surface area (Å²) in [6.07, 6.45) is 7.89. The molecule has 0 saturated carbocycles. The smallest absolute Gasteiger partial charge is 0.138 e. The molecule has 238 valence electrons. The lowest BCUT2D eigenvalue weighted by Crippen LogP contribution is -2.07. The van der Waals surface area contributed by atoms with Gasteiger partial charge in [-0.15, -0.1) is 0 Å². The largest absolute Gasteiger partial charge is 0.309 e. The molecule has 0 bridgehead atoms. The number of aromatic nitrogens is 3. The Bertz CT molecular complexity index is 2730. The fraction of sp³-hybridized carbons (Fsp3) is 0.0851. The van der Waals surface area contributed by atoms with E-state index in [1.165, 1.54) is 60.5 Å². The molecule has 3 heterocycles. The molecule has 0 fully saturated rings. The van der Waals surface area contributed by atoms with Crippen LogP contribution in [0.3, 0.4) is 0 Å². The molecule has 3 aromatic heterocycles. The highest BCUT2D eigenvalue weighted by Crippen LogP contribution is 2.44. The van der Waals surface area contributed by atoms with Crippen LogP contribution in [0.4, 0.5) is 0 Å². The predicted molar refractivity (Wildman–Crippen MR) is 210 cm³/mol. The first-order chi connectivity index (χ1) is 24.8. The zero-order valence-corrected chi connectivity index (χ0v) is 27.7. The van der Waals surface area contributed by atoms with Gasteiger partial charge in [-0.1, -0.05) is 127 Å². The lowest BCUT2D eigenvalue weighted by Gasteiger charge is -2.20. The van der Waals surface area contributed by atoms with Crippen LogP contribution in [0.15, 0.2) is 170 Å². The highest BCUT2D eigenvalue weighted by atomic mass is 15.1. The molecule has 0 saturated heterocycles. The van der Waals surface area contributed by atoms with Gasteiger partial charge in [0, 0.05) is 44.4 Å². The second-order valence-corrected chi connectivity index (χ2v) is 13.4. The Morgan fingerprint density at radius 3 is 1.96 bits per heavy atom. The number of nitrogens with zero attached hydrogens (tertiary/aromatic N) is 3. The van der Waals surface area contributed by atoms with Crippen molar-refractivity contribution in [1.82, 2.24) is 14.1 Å². The summed E-state index contributed by atoms with van der Waals surface area (Å²) in [6, 6.07) is 57.3. The molecular formula is C47H35N3. The normalized spacial score (nSPS) is 14.7. The number of pyridine rings is 1. The second kappa shape index (κ2) is 11.7. The van der Waals surface area contributed by atoms with Crippen LogP contribution < -0.4 is 0 Å². The maximum Gasteiger partial charge on any atom is 0.138 e. The molecule has 6 aromatic carbocycles. The zero-order chi connectivity index (χ0) is 33.0. The standard InChI is InChI=1S/C47H35N3/c1-4-16-32(17-5-1)34-30-41(33-18-6-2-7-19-33)48-45(31-34)50-43-28-13-11-23-40(43)46-37(24-15-29-44(46)50)39-26-14-25-38-36-22-10-12-27-42(36)49(47(38)39)35-20-8-3-9-21-35/h1-6,8-17,20-31,33H,7,18-19H2. The lowest BCUT2D eigenvalue weighted by molar-refractivity contribution is 0.600. The van der Waals surface area contributed by atoms with Gasteiger partial charge >= 0.3 is 0 Å². The average molecular weight is 642 g/mol. The van der Waals surface area contributed by atoms with E-state index < -0.39 is 0 Å². The topological polar surface area (TPSA) is 22.8 Å². The Kier molecular flexibility index (Phi) is 6.76. The first-order valence-corrected chi connectivity index (χ1v) is 17.7. The maximum atomic E-state index is 5.49. The van der Waals surface area contributed by atoms with Gasteiger partial charge in [-0.25, -0.2) is 4.98 Å². The molecule has 1 atom stereocenters. The Morgan fingerprint density at radius 1 is 0.500 bits per heavy atom. The summed E-state index contributed by atoms with van der Waals surface area (Å²) in [6.45, 7) is 0. The number of fused-ring (bicyclic) bond motifs is 6. The molecule has 0 spiro atoms. The molecule has 3 nitrogen and oxygen atoms in total. The molecule has 1 aliphatic rings. The Morgan fingerprint density at radius 2 is 1.16 bits per heavy atom. The van der Waals surface area contributed by atoms with Crippen molar-refractivity contribution in [2.45, 2.75) is 25.2 Å². The van der Waals surface area contributed by atoms with E-state index in [-0.39, 0.29) is 0 Å². The molecule has 0 aliphatic heterocycles. The van der Waals surface area contributed by atoms with E-state index >= 15 is 0 Å². The van der Waals surface area contributed by atoms with Crippen LogP contribution in [0.25, 0.3) is 77.4 Å². The van der Waals surface area contributed by atoms with Crippen molar-refractivity contribution in [2.75, 3.05) is 0 Å². The van der Waals surface area contributed by atoms with Crippen molar-refractivity contribution in [2.24, 2.45) is 0 Å². The van der Waals surface area contributed by atoms with Gasteiger partial charge in [0.15, 0.2) is 0 Å². The van der Waals surface area contributed by atoms with Crippen LogP contribution in [-0.4, -0.2) is 14.1 Å². The zero-order valence-electron chi connectivity index (χ0n) is 27.7.